The Balaban J connectivity index is 1.88. The van der Waals surface area contributed by atoms with Crippen molar-refractivity contribution in [2.45, 2.75) is 32.2 Å². The molecule has 0 amide bonds. The molecule has 1 aliphatic heterocycles. The average Bonchev–Trinajstić information content (AvgIpc) is 3.06. The standard InChI is InChI=1S/C16H18BrNOS/c1-2-10-4-6-20-16(10)14(18)9-12-8-13(17)7-11-3-5-19-15(11)12/h4,6-8,14H,2-3,5,9,18H2,1H3. The summed E-state index contributed by atoms with van der Waals surface area (Å²) < 4.78 is 6.90. The van der Waals surface area contributed by atoms with Crippen molar-refractivity contribution < 1.29 is 4.74 Å². The first-order valence-electron chi connectivity index (χ1n) is 6.95. The van der Waals surface area contributed by atoms with Gasteiger partial charge in [0.2, 0.25) is 0 Å². The van der Waals surface area contributed by atoms with Crippen LogP contribution in [0.5, 0.6) is 5.75 Å². The molecule has 2 heterocycles. The summed E-state index contributed by atoms with van der Waals surface area (Å²) in [4.78, 5) is 1.30. The van der Waals surface area contributed by atoms with Crippen LogP contribution in [0.3, 0.4) is 0 Å². The van der Waals surface area contributed by atoms with Gasteiger partial charge in [0, 0.05) is 21.8 Å². The van der Waals surface area contributed by atoms with Gasteiger partial charge in [0.1, 0.15) is 5.75 Å². The van der Waals surface area contributed by atoms with Crippen molar-refractivity contribution in [3.05, 3.63) is 49.6 Å². The number of thiophene rings is 1. The third-order valence-corrected chi connectivity index (χ3v) is 5.31. The summed E-state index contributed by atoms with van der Waals surface area (Å²) >= 11 is 5.35. The van der Waals surface area contributed by atoms with Gasteiger partial charge in [-0.1, -0.05) is 22.9 Å². The van der Waals surface area contributed by atoms with Gasteiger partial charge in [-0.15, -0.1) is 11.3 Å². The van der Waals surface area contributed by atoms with Crippen LogP contribution in [0.1, 0.15) is 34.5 Å². The summed E-state index contributed by atoms with van der Waals surface area (Å²) in [6.07, 6.45) is 2.87. The lowest BCUT2D eigenvalue weighted by molar-refractivity contribution is 0.352. The van der Waals surface area contributed by atoms with E-state index < -0.39 is 0 Å². The fourth-order valence-electron chi connectivity index (χ4n) is 2.79. The molecule has 20 heavy (non-hydrogen) atoms. The van der Waals surface area contributed by atoms with Crippen LogP contribution in [0.25, 0.3) is 0 Å². The Hall–Kier alpha value is -0.840. The van der Waals surface area contributed by atoms with Gasteiger partial charge in [-0.3, -0.25) is 0 Å². The van der Waals surface area contributed by atoms with E-state index in [0.29, 0.717) is 0 Å². The van der Waals surface area contributed by atoms with Crippen molar-refractivity contribution >= 4 is 27.3 Å². The van der Waals surface area contributed by atoms with Crippen LogP contribution in [0, 0.1) is 0 Å². The summed E-state index contributed by atoms with van der Waals surface area (Å²) in [5.74, 6) is 1.05. The van der Waals surface area contributed by atoms with E-state index in [0.717, 1.165) is 36.1 Å². The number of ether oxygens (including phenoxy) is 1. The lowest BCUT2D eigenvalue weighted by Gasteiger charge is -2.15. The van der Waals surface area contributed by atoms with Gasteiger partial charge in [-0.2, -0.15) is 0 Å². The average molecular weight is 352 g/mol. The first-order chi connectivity index (χ1) is 9.69. The minimum Gasteiger partial charge on any atom is -0.493 e. The third-order valence-electron chi connectivity index (χ3n) is 3.76. The SMILES string of the molecule is CCc1ccsc1C(N)Cc1cc(Br)cc2c1OCC2. The molecule has 0 aliphatic carbocycles. The lowest BCUT2D eigenvalue weighted by Crippen LogP contribution is -2.14. The Bertz CT molecular complexity index is 623. The monoisotopic (exact) mass is 351 g/mol. The van der Waals surface area contributed by atoms with Crippen LogP contribution < -0.4 is 10.5 Å². The number of hydrogen-bond acceptors (Lipinski definition) is 3. The number of benzene rings is 1. The zero-order valence-corrected chi connectivity index (χ0v) is 13.9. The molecule has 2 nitrogen and oxygen atoms in total. The van der Waals surface area contributed by atoms with Crippen LogP contribution in [0.2, 0.25) is 0 Å². The second-order valence-electron chi connectivity index (χ2n) is 5.13. The van der Waals surface area contributed by atoms with Gasteiger partial charge in [0.25, 0.3) is 0 Å². The van der Waals surface area contributed by atoms with E-state index in [1.807, 2.05) is 0 Å². The van der Waals surface area contributed by atoms with E-state index in [-0.39, 0.29) is 6.04 Å². The molecule has 0 saturated carbocycles. The van der Waals surface area contributed by atoms with Crippen LogP contribution in [-0.4, -0.2) is 6.61 Å². The van der Waals surface area contributed by atoms with Gasteiger partial charge in [0.05, 0.1) is 6.61 Å². The van der Waals surface area contributed by atoms with Gasteiger partial charge in [-0.05, 0) is 53.1 Å². The zero-order chi connectivity index (χ0) is 14.1. The molecule has 1 atom stereocenters. The van der Waals surface area contributed by atoms with Crippen molar-refractivity contribution in [1.82, 2.24) is 0 Å². The molecule has 1 aliphatic rings. The summed E-state index contributed by atoms with van der Waals surface area (Å²) in [6, 6.07) is 6.53. The second-order valence-corrected chi connectivity index (χ2v) is 6.99. The first-order valence-corrected chi connectivity index (χ1v) is 8.62. The van der Waals surface area contributed by atoms with E-state index in [2.05, 4.69) is 46.4 Å². The summed E-state index contributed by atoms with van der Waals surface area (Å²) in [7, 11) is 0. The number of aryl methyl sites for hydroxylation is 1. The molecule has 0 fully saturated rings. The van der Waals surface area contributed by atoms with Crippen LogP contribution in [-0.2, 0) is 19.3 Å². The van der Waals surface area contributed by atoms with E-state index in [9.17, 15) is 0 Å². The molecule has 106 valence electrons. The maximum absolute atomic E-state index is 6.43. The Morgan fingerprint density at radius 3 is 3.05 bits per heavy atom. The largest absolute Gasteiger partial charge is 0.493 e. The molecule has 4 heteroatoms. The van der Waals surface area contributed by atoms with Crippen molar-refractivity contribution in [1.29, 1.82) is 0 Å². The van der Waals surface area contributed by atoms with E-state index >= 15 is 0 Å². The fraction of sp³-hybridized carbons (Fsp3) is 0.375. The molecule has 0 radical (unpaired) electrons. The predicted octanol–water partition coefficient (Wildman–Crippen LogP) is 4.25. The maximum atomic E-state index is 6.43. The van der Waals surface area contributed by atoms with Crippen LogP contribution >= 0.6 is 27.3 Å². The van der Waals surface area contributed by atoms with Crippen LogP contribution in [0.15, 0.2) is 28.1 Å². The highest BCUT2D eigenvalue weighted by Crippen LogP contribution is 2.36. The molecular weight excluding hydrogens is 334 g/mol. The minimum atomic E-state index is 0.0487. The smallest absolute Gasteiger partial charge is 0.125 e. The van der Waals surface area contributed by atoms with Gasteiger partial charge < -0.3 is 10.5 Å². The number of hydrogen-bond donors (Lipinski definition) is 1. The highest BCUT2D eigenvalue weighted by molar-refractivity contribution is 9.10. The minimum absolute atomic E-state index is 0.0487. The summed E-state index contributed by atoms with van der Waals surface area (Å²) in [5, 5.41) is 2.13. The molecule has 0 spiro atoms. The Morgan fingerprint density at radius 2 is 2.25 bits per heavy atom. The van der Waals surface area contributed by atoms with Crippen molar-refractivity contribution in [3.8, 4) is 5.75 Å². The Labute approximate surface area is 132 Å². The number of nitrogens with two attached hydrogens (primary N) is 1. The zero-order valence-electron chi connectivity index (χ0n) is 11.5. The topological polar surface area (TPSA) is 35.2 Å². The molecule has 1 unspecified atom stereocenters. The molecule has 2 N–H and O–H groups in total. The van der Waals surface area contributed by atoms with E-state index in [1.165, 1.54) is 21.6 Å². The highest BCUT2D eigenvalue weighted by atomic mass is 79.9. The Morgan fingerprint density at radius 1 is 1.40 bits per heavy atom. The molecule has 0 saturated heterocycles. The predicted molar refractivity (Wildman–Crippen MR) is 87.7 cm³/mol. The van der Waals surface area contributed by atoms with E-state index in [4.69, 9.17) is 10.5 Å². The summed E-state index contributed by atoms with van der Waals surface area (Å²) in [6.45, 7) is 2.96. The van der Waals surface area contributed by atoms with E-state index in [1.54, 1.807) is 11.3 Å². The first kappa shape index (κ1) is 14.1. The van der Waals surface area contributed by atoms with Crippen LogP contribution in [0.4, 0.5) is 0 Å². The lowest BCUT2D eigenvalue weighted by atomic mass is 9.99. The molecule has 1 aromatic heterocycles. The third kappa shape index (κ3) is 2.65. The van der Waals surface area contributed by atoms with Crippen molar-refractivity contribution in [3.63, 3.8) is 0 Å². The number of rotatable bonds is 4. The van der Waals surface area contributed by atoms with Gasteiger partial charge >= 0.3 is 0 Å². The number of fused-ring (bicyclic) bond motifs is 1. The quantitative estimate of drug-likeness (QED) is 0.893. The Kier molecular flexibility index (Phi) is 4.15. The summed E-state index contributed by atoms with van der Waals surface area (Å²) in [5.41, 5.74) is 10.3. The fourth-order valence-corrected chi connectivity index (χ4v) is 4.35. The van der Waals surface area contributed by atoms with Gasteiger partial charge in [0.15, 0.2) is 0 Å². The second kappa shape index (κ2) is 5.88. The van der Waals surface area contributed by atoms with Crippen molar-refractivity contribution in [2.24, 2.45) is 5.73 Å². The normalized spacial score (nSPS) is 14.9. The molecule has 2 aromatic rings. The van der Waals surface area contributed by atoms with Crippen molar-refractivity contribution in [2.75, 3.05) is 6.61 Å². The molecular formula is C16H18BrNOS. The van der Waals surface area contributed by atoms with Gasteiger partial charge in [-0.25, -0.2) is 0 Å². The molecule has 1 aromatic carbocycles. The number of halogens is 1. The molecule has 3 rings (SSSR count). The molecule has 0 bridgehead atoms. The highest BCUT2D eigenvalue weighted by Gasteiger charge is 2.20. The maximum Gasteiger partial charge on any atom is 0.125 e.